The van der Waals surface area contributed by atoms with Crippen molar-refractivity contribution in [2.24, 2.45) is 0 Å². The molecular formula is C10H11NO2. The Morgan fingerprint density at radius 3 is 2.85 bits per heavy atom. The van der Waals surface area contributed by atoms with Crippen molar-refractivity contribution in [1.82, 2.24) is 0 Å². The van der Waals surface area contributed by atoms with E-state index in [1.54, 1.807) is 24.3 Å². The molecule has 0 atom stereocenters. The molecule has 0 amide bonds. The van der Waals surface area contributed by atoms with Crippen LogP contribution >= 0.6 is 0 Å². The SMILES string of the molecule is C=C/C=C\C=C\C(=O)OCCC#N. The Bertz CT molecular complexity index is 259. The van der Waals surface area contributed by atoms with Crippen molar-refractivity contribution >= 4 is 5.97 Å². The molecule has 0 aliphatic carbocycles. The normalized spacial score (nSPS) is 10.1. The Kier molecular flexibility index (Phi) is 7.12. The lowest BCUT2D eigenvalue weighted by Crippen LogP contribution is -2.00. The summed E-state index contributed by atoms with van der Waals surface area (Å²) in [5.41, 5.74) is 0. The molecule has 0 aliphatic rings. The van der Waals surface area contributed by atoms with Crippen LogP contribution in [-0.2, 0) is 9.53 Å². The lowest BCUT2D eigenvalue weighted by atomic mass is 10.4. The van der Waals surface area contributed by atoms with Crippen LogP contribution in [0, 0.1) is 11.3 Å². The van der Waals surface area contributed by atoms with Crippen LogP contribution < -0.4 is 0 Å². The lowest BCUT2D eigenvalue weighted by Gasteiger charge is -1.94. The van der Waals surface area contributed by atoms with Gasteiger partial charge in [-0.05, 0) is 0 Å². The zero-order valence-electron chi connectivity index (χ0n) is 7.27. The van der Waals surface area contributed by atoms with Crippen molar-refractivity contribution < 1.29 is 9.53 Å². The van der Waals surface area contributed by atoms with Crippen LogP contribution in [0.15, 0.2) is 37.0 Å². The molecule has 0 radical (unpaired) electrons. The average Bonchev–Trinajstić information content (AvgIpc) is 2.13. The van der Waals surface area contributed by atoms with Crippen molar-refractivity contribution in [1.29, 1.82) is 5.26 Å². The van der Waals surface area contributed by atoms with Crippen molar-refractivity contribution in [3.05, 3.63) is 37.0 Å². The summed E-state index contributed by atoms with van der Waals surface area (Å²) in [5, 5.41) is 8.14. The van der Waals surface area contributed by atoms with Crippen molar-refractivity contribution in [3.63, 3.8) is 0 Å². The molecule has 0 saturated heterocycles. The van der Waals surface area contributed by atoms with E-state index in [0.717, 1.165) is 0 Å². The third-order valence-electron chi connectivity index (χ3n) is 1.05. The number of nitrogens with zero attached hydrogens (tertiary/aromatic N) is 1. The first-order valence-electron chi connectivity index (χ1n) is 3.80. The molecule has 0 rings (SSSR count). The summed E-state index contributed by atoms with van der Waals surface area (Å²) >= 11 is 0. The zero-order chi connectivity index (χ0) is 9.94. The van der Waals surface area contributed by atoms with E-state index < -0.39 is 5.97 Å². The van der Waals surface area contributed by atoms with Crippen molar-refractivity contribution in [2.45, 2.75) is 6.42 Å². The lowest BCUT2D eigenvalue weighted by molar-refractivity contribution is -0.137. The Morgan fingerprint density at radius 1 is 1.46 bits per heavy atom. The van der Waals surface area contributed by atoms with Crippen LogP contribution in [-0.4, -0.2) is 12.6 Å². The monoisotopic (exact) mass is 177 g/mol. The second-order valence-corrected chi connectivity index (χ2v) is 2.06. The van der Waals surface area contributed by atoms with Gasteiger partial charge in [0.05, 0.1) is 12.5 Å². The zero-order valence-corrected chi connectivity index (χ0v) is 7.27. The molecule has 0 aromatic rings. The fraction of sp³-hybridized carbons (Fsp3) is 0.200. The predicted molar refractivity (Wildman–Crippen MR) is 49.7 cm³/mol. The van der Waals surface area contributed by atoms with Crippen LogP contribution in [0.4, 0.5) is 0 Å². The van der Waals surface area contributed by atoms with E-state index in [2.05, 4.69) is 11.3 Å². The van der Waals surface area contributed by atoms with Gasteiger partial charge in [0, 0.05) is 6.08 Å². The van der Waals surface area contributed by atoms with Gasteiger partial charge in [0.25, 0.3) is 0 Å². The summed E-state index contributed by atoms with van der Waals surface area (Å²) in [6.45, 7) is 3.61. The smallest absolute Gasteiger partial charge is 0.330 e. The van der Waals surface area contributed by atoms with Crippen LogP contribution in [0.2, 0.25) is 0 Å². The van der Waals surface area contributed by atoms with E-state index >= 15 is 0 Å². The summed E-state index contributed by atoms with van der Waals surface area (Å²) in [7, 11) is 0. The fourth-order valence-corrected chi connectivity index (χ4v) is 0.522. The van der Waals surface area contributed by atoms with Crippen LogP contribution in [0.25, 0.3) is 0 Å². The number of allylic oxidation sites excluding steroid dienone is 4. The van der Waals surface area contributed by atoms with Gasteiger partial charge >= 0.3 is 5.97 Å². The molecule has 0 bridgehead atoms. The molecule has 0 heterocycles. The molecule has 0 N–H and O–H groups in total. The first-order chi connectivity index (χ1) is 6.31. The summed E-state index contributed by atoms with van der Waals surface area (Å²) < 4.78 is 4.65. The van der Waals surface area contributed by atoms with Gasteiger partial charge in [-0.25, -0.2) is 4.79 Å². The van der Waals surface area contributed by atoms with Gasteiger partial charge in [0.1, 0.15) is 6.61 Å². The molecule has 0 saturated carbocycles. The van der Waals surface area contributed by atoms with E-state index in [1.165, 1.54) is 6.08 Å². The fourth-order valence-electron chi connectivity index (χ4n) is 0.522. The molecule has 0 aromatic heterocycles. The number of nitriles is 1. The predicted octanol–water partition coefficient (Wildman–Crippen LogP) is 1.74. The van der Waals surface area contributed by atoms with Crippen molar-refractivity contribution in [3.8, 4) is 6.07 Å². The van der Waals surface area contributed by atoms with E-state index in [0.29, 0.717) is 0 Å². The Balaban J connectivity index is 3.62. The minimum Gasteiger partial charge on any atom is -0.461 e. The largest absolute Gasteiger partial charge is 0.461 e. The van der Waals surface area contributed by atoms with Gasteiger partial charge in [0.15, 0.2) is 0 Å². The highest BCUT2D eigenvalue weighted by atomic mass is 16.5. The van der Waals surface area contributed by atoms with E-state index in [-0.39, 0.29) is 13.0 Å². The van der Waals surface area contributed by atoms with E-state index in [4.69, 9.17) is 5.26 Å². The highest BCUT2D eigenvalue weighted by Gasteiger charge is 1.93. The van der Waals surface area contributed by atoms with Gasteiger partial charge in [-0.15, -0.1) is 0 Å². The van der Waals surface area contributed by atoms with E-state index in [9.17, 15) is 4.79 Å². The summed E-state index contributed by atoms with van der Waals surface area (Å²) in [5.74, 6) is -0.441. The minimum absolute atomic E-state index is 0.144. The highest BCUT2D eigenvalue weighted by Crippen LogP contribution is 1.85. The summed E-state index contributed by atoms with van der Waals surface area (Å²) in [4.78, 5) is 10.8. The average molecular weight is 177 g/mol. The maximum absolute atomic E-state index is 10.8. The summed E-state index contributed by atoms with van der Waals surface area (Å²) in [6.07, 6.45) is 8.03. The van der Waals surface area contributed by atoms with Gasteiger partial charge in [0.2, 0.25) is 0 Å². The van der Waals surface area contributed by atoms with Gasteiger partial charge in [-0.1, -0.05) is 30.9 Å². The molecule has 0 aliphatic heterocycles. The molecule has 3 heteroatoms. The molecule has 0 unspecified atom stereocenters. The highest BCUT2D eigenvalue weighted by molar-refractivity contribution is 5.82. The molecular weight excluding hydrogens is 166 g/mol. The van der Waals surface area contributed by atoms with Gasteiger partial charge in [-0.2, -0.15) is 5.26 Å². The standard InChI is InChI=1S/C10H11NO2/c1-2-3-4-5-7-10(12)13-9-6-8-11/h2-5,7H,1,6,9H2/b4-3-,7-5+. The molecule has 68 valence electrons. The number of carbonyl (C=O) groups excluding carboxylic acids is 1. The Morgan fingerprint density at radius 2 is 2.23 bits per heavy atom. The summed E-state index contributed by atoms with van der Waals surface area (Å²) in [6, 6.07) is 1.87. The first kappa shape index (κ1) is 11.2. The number of hydrogen-bond acceptors (Lipinski definition) is 3. The second-order valence-electron chi connectivity index (χ2n) is 2.06. The van der Waals surface area contributed by atoms with Crippen LogP contribution in [0.5, 0.6) is 0 Å². The van der Waals surface area contributed by atoms with Gasteiger partial charge in [-0.3, -0.25) is 0 Å². The molecule has 0 aromatic carbocycles. The number of ether oxygens (including phenoxy) is 1. The van der Waals surface area contributed by atoms with Crippen LogP contribution in [0.1, 0.15) is 6.42 Å². The third kappa shape index (κ3) is 8.08. The number of hydrogen-bond donors (Lipinski definition) is 0. The molecule has 3 nitrogen and oxygen atoms in total. The maximum Gasteiger partial charge on any atom is 0.330 e. The number of carbonyl (C=O) groups is 1. The van der Waals surface area contributed by atoms with E-state index in [1.807, 2.05) is 6.07 Å². The van der Waals surface area contributed by atoms with Gasteiger partial charge < -0.3 is 4.74 Å². The number of esters is 1. The maximum atomic E-state index is 10.8. The van der Waals surface area contributed by atoms with Crippen molar-refractivity contribution in [2.75, 3.05) is 6.61 Å². The quantitative estimate of drug-likeness (QED) is 0.278. The Hall–Kier alpha value is -1.82. The minimum atomic E-state index is -0.441. The third-order valence-corrected chi connectivity index (χ3v) is 1.05. The topological polar surface area (TPSA) is 50.1 Å². The molecule has 0 spiro atoms. The number of rotatable bonds is 5. The molecule has 0 fully saturated rings. The van der Waals surface area contributed by atoms with Crippen LogP contribution in [0.3, 0.4) is 0 Å². The Labute approximate surface area is 77.6 Å². The molecule has 13 heavy (non-hydrogen) atoms. The first-order valence-corrected chi connectivity index (χ1v) is 3.80. The second kappa shape index (κ2) is 8.28.